The number of ether oxygens (including phenoxy) is 2. The molecule has 166 valence electrons. The Bertz CT molecular complexity index is 1040. The minimum absolute atomic E-state index is 0.0419. The number of rotatable bonds is 7. The van der Waals surface area contributed by atoms with Gasteiger partial charge in [0.25, 0.3) is 0 Å². The molecule has 0 bridgehead atoms. The van der Waals surface area contributed by atoms with Gasteiger partial charge in [-0.1, -0.05) is 35.9 Å². The minimum Gasteiger partial charge on any atom is -0.497 e. The minimum atomic E-state index is -0.0419. The van der Waals surface area contributed by atoms with E-state index in [1.165, 1.54) is 5.56 Å². The number of methoxy groups -OCH3 is 1. The zero-order valence-electron chi connectivity index (χ0n) is 18.6. The van der Waals surface area contributed by atoms with Crippen LogP contribution in [0.4, 0.5) is 11.4 Å². The Kier molecular flexibility index (Phi) is 6.92. The normalized spacial score (nSPS) is 14.1. The number of carbonyl (C=O) groups excluding carboxylic acids is 1. The van der Waals surface area contributed by atoms with E-state index in [4.69, 9.17) is 9.47 Å². The van der Waals surface area contributed by atoms with Crippen LogP contribution in [-0.2, 0) is 4.79 Å². The van der Waals surface area contributed by atoms with E-state index in [2.05, 4.69) is 21.2 Å². The van der Waals surface area contributed by atoms with Crippen LogP contribution in [0.3, 0.4) is 0 Å². The second-order valence-corrected chi connectivity index (χ2v) is 7.92. The molecule has 4 rings (SSSR count). The van der Waals surface area contributed by atoms with Crippen molar-refractivity contribution in [3.63, 3.8) is 0 Å². The van der Waals surface area contributed by atoms with Crippen LogP contribution in [0, 0.1) is 6.92 Å². The third-order valence-electron chi connectivity index (χ3n) is 5.57. The van der Waals surface area contributed by atoms with Crippen LogP contribution >= 0.6 is 0 Å². The van der Waals surface area contributed by atoms with Gasteiger partial charge in [0.2, 0.25) is 5.91 Å². The maximum absolute atomic E-state index is 12.7. The number of benzene rings is 3. The van der Waals surface area contributed by atoms with E-state index in [0.29, 0.717) is 18.0 Å². The van der Waals surface area contributed by atoms with Crippen LogP contribution in [0.5, 0.6) is 17.2 Å². The Labute approximate surface area is 189 Å². The van der Waals surface area contributed by atoms with Gasteiger partial charge in [-0.3, -0.25) is 9.69 Å². The molecule has 0 radical (unpaired) electrons. The lowest BCUT2D eigenvalue weighted by atomic mass is 10.2. The van der Waals surface area contributed by atoms with Gasteiger partial charge in [-0.05, 0) is 43.3 Å². The number of hydrogen-bond donors (Lipinski definition) is 1. The molecule has 1 N–H and O–H groups in total. The average molecular weight is 432 g/mol. The van der Waals surface area contributed by atoms with Crippen LogP contribution in [0.2, 0.25) is 0 Å². The highest BCUT2D eigenvalue weighted by Crippen LogP contribution is 2.29. The number of hydrogen-bond acceptors (Lipinski definition) is 5. The molecule has 0 atom stereocenters. The molecule has 0 saturated carbocycles. The molecule has 6 nitrogen and oxygen atoms in total. The second-order valence-electron chi connectivity index (χ2n) is 7.92. The summed E-state index contributed by atoms with van der Waals surface area (Å²) >= 11 is 0. The van der Waals surface area contributed by atoms with Crippen molar-refractivity contribution in [3.8, 4) is 17.2 Å². The quantitative estimate of drug-likeness (QED) is 0.595. The van der Waals surface area contributed by atoms with Gasteiger partial charge < -0.3 is 19.7 Å². The fraction of sp³-hybridized carbons (Fsp3) is 0.269. The Morgan fingerprint density at radius 1 is 0.906 bits per heavy atom. The average Bonchev–Trinajstić information content (AvgIpc) is 2.82. The summed E-state index contributed by atoms with van der Waals surface area (Å²) < 4.78 is 11.3. The zero-order valence-corrected chi connectivity index (χ0v) is 18.6. The standard InChI is InChI=1S/C26H29N3O3/c1-20-10-12-22(13-11-20)32-25-9-4-3-8-24(25)27-26(30)19-28-14-16-29(17-15-28)21-6-5-7-23(18-21)31-2/h3-13,18H,14-17,19H2,1-2H3,(H,27,30). The fourth-order valence-corrected chi connectivity index (χ4v) is 3.76. The first-order chi connectivity index (χ1) is 15.6. The summed E-state index contributed by atoms with van der Waals surface area (Å²) in [5, 5.41) is 3.01. The molecular weight excluding hydrogens is 402 g/mol. The van der Waals surface area contributed by atoms with Gasteiger partial charge in [0, 0.05) is 37.9 Å². The number of anilines is 2. The van der Waals surface area contributed by atoms with Crippen molar-refractivity contribution in [1.82, 2.24) is 4.90 Å². The summed E-state index contributed by atoms with van der Waals surface area (Å²) in [6, 6.07) is 23.5. The molecule has 0 aromatic heterocycles. The van der Waals surface area contributed by atoms with Gasteiger partial charge in [0.05, 0.1) is 19.3 Å². The zero-order chi connectivity index (χ0) is 22.3. The summed E-state index contributed by atoms with van der Waals surface area (Å²) in [6.07, 6.45) is 0. The highest BCUT2D eigenvalue weighted by molar-refractivity contribution is 5.93. The van der Waals surface area contributed by atoms with Crippen molar-refractivity contribution in [2.75, 3.05) is 50.1 Å². The van der Waals surface area contributed by atoms with Crippen molar-refractivity contribution in [1.29, 1.82) is 0 Å². The summed E-state index contributed by atoms with van der Waals surface area (Å²) in [7, 11) is 1.68. The SMILES string of the molecule is COc1cccc(N2CCN(CC(=O)Nc3ccccc3Oc3ccc(C)cc3)CC2)c1. The van der Waals surface area contributed by atoms with E-state index < -0.39 is 0 Å². The summed E-state index contributed by atoms with van der Waals surface area (Å²) in [6.45, 7) is 5.78. The first kappa shape index (κ1) is 21.7. The number of carbonyl (C=O) groups is 1. The van der Waals surface area contributed by atoms with Crippen molar-refractivity contribution in [2.24, 2.45) is 0 Å². The molecule has 0 unspecified atom stereocenters. The first-order valence-electron chi connectivity index (χ1n) is 10.9. The molecule has 0 spiro atoms. The molecule has 1 aliphatic heterocycles. The van der Waals surface area contributed by atoms with Crippen molar-refractivity contribution < 1.29 is 14.3 Å². The van der Waals surface area contributed by atoms with E-state index in [1.54, 1.807) is 7.11 Å². The van der Waals surface area contributed by atoms with Gasteiger partial charge >= 0.3 is 0 Å². The van der Waals surface area contributed by atoms with Crippen LogP contribution in [0.25, 0.3) is 0 Å². The molecule has 1 aliphatic rings. The van der Waals surface area contributed by atoms with Crippen LogP contribution in [0.15, 0.2) is 72.8 Å². The predicted molar refractivity (Wildman–Crippen MR) is 128 cm³/mol. The monoisotopic (exact) mass is 431 g/mol. The molecule has 32 heavy (non-hydrogen) atoms. The van der Waals surface area contributed by atoms with Gasteiger partial charge in [-0.15, -0.1) is 0 Å². The van der Waals surface area contributed by atoms with Gasteiger partial charge in [0.15, 0.2) is 5.75 Å². The Hall–Kier alpha value is -3.51. The fourth-order valence-electron chi connectivity index (χ4n) is 3.76. The Balaban J connectivity index is 1.31. The number of piperazine rings is 1. The number of nitrogens with one attached hydrogen (secondary N) is 1. The molecule has 3 aromatic rings. The van der Waals surface area contributed by atoms with E-state index in [1.807, 2.05) is 73.7 Å². The lowest BCUT2D eigenvalue weighted by molar-refractivity contribution is -0.117. The third kappa shape index (κ3) is 5.59. The number of nitrogens with zero attached hydrogens (tertiary/aromatic N) is 2. The molecule has 0 aliphatic carbocycles. The number of para-hydroxylation sites is 2. The molecular formula is C26H29N3O3. The van der Waals surface area contributed by atoms with Crippen molar-refractivity contribution in [3.05, 3.63) is 78.4 Å². The summed E-state index contributed by atoms with van der Waals surface area (Å²) in [4.78, 5) is 17.2. The lowest BCUT2D eigenvalue weighted by Crippen LogP contribution is -2.48. The van der Waals surface area contributed by atoms with Crippen LogP contribution in [-0.4, -0.2) is 50.6 Å². The number of aryl methyl sites for hydroxylation is 1. The molecule has 6 heteroatoms. The third-order valence-corrected chi connectivity index (χ3v) is 5.57. The highest BCUT2D eigenvalue weighted by atomic mass is 16.5. The molecule has 1 amide bonds. The second kappa shape index (κ2) is 10.2. The predicted octanol–water partition coefficient (Wildman–Crippen LogP) is 4.56. The van der Waals surface area contributed by atoms with E-state index in [9.17, 15) is 4.79 Å². The summed E-state index contributed by atoms with van der Waals surface area (Å²) in [5.74, 6) is 2.19. The molecule has 1 saturated heterocycles. The maximum Gasteiger partial charge on any atom is 0.238 e. The van der Waals surface area contributed by atoms with Crippen LogP contribution in [0.1, 0.15) is 5.56 Å². The van der Waals surface area contributed by atoms with Gasteiger partial charge in [-0.25, -0.2) is 0 Å². The molecule has 1 heterocycles. The first-order valence-corrected chi connectivity index (χ1v) is 10.9. The number of amides is 1. The van der Waals surface area contributed by atoms with E-state index in [-0.39, 0.29) is 5.91 Å². The van der Waals surface area contributed by atoms with E-state index >= 15 is 0 Å². The Morgan fingerprint density at radius 2 is 1.66 bits per heavy atom. The van der Waals surface area contributed by atoms with Crippen molar-refractivity contribution in [2.45, 2.75) is 6.92 Å². The van der Waals surface area contributed by atoms with Gasteiger partial charge in [0.1, 0.15) is 11.5 Å². The smallest absolute Gasteiger partial charge is 0.238 e. The molecule has 3 aromatic carbocycles. The molecule has 1 fully saturated rings. The largest absolute Gasteiger partial charge is 0.497 e. The van der Waals surface area contributed by atoms with Gasteiger partial charge in [-0.2, -0.15) is 0 Å². The Morgan fingerprint density at radius 3 is 2.41 bits per heavy atom. The summed E-state index contributed by atoms with van der Waals surface area (Å²) in [5.41, 5.74) is 2.99. The van der Waals surface area contributed by atoms with Crippen molar-refractivity contribution >= 4 is 17.3 Å². The highest BCUT2D eigenvalue weighted by Gasteiger charge is 2.20. The van der Waals surface area contributed by atoms with Crippen LogP contribution < -0.4 is 19.7 Å². The maximum atomic E-state index is 12.7. The van der Waals surface area contributed by atoms with E-state index in [0.717, 1.165) is 43.4 Å². The lowest BCUT2D eigenvalue weighted by Gasteiger charge is -2.35. The topological polar surface area (TPSA) is 54.0 Å².